The highest BCUT2D eigenvalue weighted by Gasteiger charge is 2.58. The number of anilines is 1. The number of aryl methyl sites for hydroxylation is 1. The Balaban J connectivity index is 2.25. The molecule has 8 N–H and O–H groups in total. The van der Waals surface area contributed by atoms with Gasteiger partial charge in [0.15, 0.2) is 0 Å². The Labute approximate surface area is 248 Å². The first-order valence-corrected chi connectivity index (χ1v) is 17.0. The van der Waals surface area contributed by atoms with Gasteiger partial charge in [-0.3, -0.25) is 23.5 Å². The number of benzene rings is 1. The monoisotopic (exact) mass is 662 g/mol. The standard InChI is InChI=1S/C23H38Cl2N4O10P2/c24-11-14-29(15-12-25)19-8-6-18(7-9-19)4-3-5-20(30)27-17-22(32)28-16-21(31)26-13-2-1-10-23(33,40(34,35)36)41(37,38)39/h6-9,33H,1-5,10-17H2,(H,26,31)(H,27,30)(H,28,32)(H2,34,35,36)(H2,37,38,39). The molecule has 1 aromatic carbocycles. The predicted octanol–water partition coefficient (Wildman–Crippen LogP) is 0.814. The third-order valence-corrected chi connectivity index (χ3v) is 10.2. The number of alkyl halides is 2. The van der Waals surface area contributed by atoms with Crippen molar-refractivity contribution in [3.05, 3.63) is 29.8 Å². The van der Waals surface area contributed by atoms with Crippen LogP contribution in [0, 0.1) is 0 Å². The Morgan fingerprint density at radius 1 is 0.780 bits per heavy atom. The summed E-state index contributed by atoms with van der Waals surface area (Å²) in [6.07, 6.45) is 0.397. The van der Waals surface area contributed by atoms with Crippen LogP contribution in [0.1, 0.15) is 37.7 Å². The molecule has 1 rings (SSSR count). The number of halogens is 2. The molecule has 0 radical (unpaired) electrons. The Kier molecular flexibility index (Phi) is 16.4. The zero-order valence-electron chi connectivity index (χ0n) is 22.4. The van der Waals surface area contributed by atoms with Crippen LogP contribution < -0.4 is 20.9 Å². The van der Waals surface area contributed by atoms with Gasteiger partial charge >= 0.3 is 15.2 Å². The van der Waals surface area contributed by atoms with Gasteiger partial charge in [0, 0.05) is 43.5 Å². The molecule has 0 fully saturated rings. The predicted molar refractivity (Wildman–Crippen MR) is 155 cm³/mol. The molecule has 0 aliphatic heterocycles. The fourth-order valence-electron chi connectivity index (χ4n) is 3.65. The number of hydrogen-bond acceptors (Lipinski definition) is 7. The summed E-state index contributed by atoms with van der Waals surface area (Å²) in [7, 11) is -11.0. The lowest BCUT2D eigenvalue weighted by atomic mass is 10.1. The number of nitrogens with one attached hydrogen (secondary N) is 3. The number of amides is 3. The number of hydrogen-bond donors (Lipinski definition) is 8. The number of carbonyl (C=O) groups excluding carboxylic acids is 3. The van der Waals surface area contributed by atoms with Gasteiger partial charge in [-0.1, -0.05) is 12.1 Å². The molecule has 0 aromatic heterocycles. The Morgan fingerprint density at radius 2 is 1.29 bits per heavy atom. The topological polar surface area (TPSA) is 226 Å². The first-order chi connectivity index (χ1) is 19.1. The van der Waals surface area contributed by atoms with Gasteiger partial charge in [-0.05, 0) is 49.8 Å². The van der Waals surface area contributed by atoms with E-state index in [2.05, 4.69) is 20.9 Å². The van der Waals surface area contributed by atoms with E-state index >= 15 is 0 Å². The zero-order valence-corrected chi connectivity index (χ0v) is 25.7. The van der Waals surface area contributed by atoms with Gasteiger partial charge in [0.25, 0.3) is 5.08 Å². The summed E-state index contributed by atoms with van der Waals surface area (Å²) in [4.78, 5) is 74.2. The molecule has 0 unspecified atom stereocenters. The van der Waals surface area contributed by atoms with E-state index in [1.54, 1.807) is 0 Å². The van der Waals surface area contributed by atoms with Crippen molar-refractivity contribution in [1.29, 1.82) is 0 Å². The SMILES string of the molecule is O=C(CCCc1ccc(N(CCCl)CCCl)cc1)NCC(=O)NCC(=O)NCCCCC(O)(P(=O)(O)O)P(=O)(O)O. The Bertz CT molecular complexity index is 1060. The van der Waals surface area contributed by atoms with Crippen molar-refractivity contribution in [1.82, 2.24) is 16.0 Å². The normalized spacial score (nSPS) is 12.1. The van der Waals surface area contributed by atoms with Crippen LogP contribution in [0.25, 0.3) is 0 Å². The molecule has 0 aliphatic carbocycles. The number of nitrogens with zero attached hydrogens (tertiary/aromatic N) is 1. The highest BCUT2D eigenvalue weighted by molar-refractivity contribution is 7.72. The molecule has 0 spiro atoms. The summed E-state index contributed by atoms with van der Waals surface area (Å²) in [5, 5.41) is 13.5. The molecule has 234 valence electrons. The van der Waals surface area contributed by atoms with Gasteiger partial charge in [0.2, 0.25) is 17.7 Å². The van der Waals surface area contributed by atoms with Crippen molar-refractivity contribution in [3.63, 3.8) is 0 Å². The summed E-state index contributed by atoms with van der Waals surface area (Å²) < 4.78 is 22.6. The minimum Gasteiger partial charge on any atom is -0.369 e. The summed E-state index contributed by atoms with van der Waals surface area (Å²) >= 11 is 11.7. The molecular weight excluding hydrogens is 625 g/mol. The van der Waals surface area contributed by atoms with E-state index in [1.165, 1.54) is 0 Å². The Hall–Kier alpha value is -1.73. The number of rotatable bonds is 20. The maximum atomic E-state index is 12.0. The second-order valence-electron chi connectivity index (χ2n) is 9.11. The molecule has 3 amide bonds. The second kappa shape index (κ2) is 18.0. The second-order valence-corrected chi connectivity index (χ2v) is 13.9. The third kappa shape index (κ3) is 13.4. The maximum Gasteiger partial charge on any atom is 0.369 e. The van der Waals surface area contributed by atoms with Crippen molar-refractivity contribution in [2.24, 2.45) is 0 Å². The Morgan fingerprint density at radius 3 is 1.80 bits per heavy atom. The quantitative estimate of drug-likeness (QED) is 0.0554. The van der Waals surface area contributed by atoms with E-state index in [9.17, 15) is 28.6 Å². The van der Waals surface area contributed by atoms with Gasteiger partial charge in [0.05, 0.1) is 13.1 Å². The van der Waals surface area contributed by atoms with Crippen molar-refractivity contribution in [2.75, 3.05) is 49.4 Å². The van der Waals surface area contributed by atoms with Gasteiger partial charge in [-0.15, -0.1) is 23.2 Å². The highest BCUT2D eigenvalue weighted by Crippen LogP contribution is 2.69. The number of aliphatic hydroxyl groups is 1. The molecule has 0 saturated heterocycles. The molecule has 0 bridgehead atoms. The molecule has 0 saturated carbocycles. The fourth-order valence-corrected chi connectivity index (χ4v) is 6.31. The van der Waals surface area contributed by atoms with Crippen molar-refractivity contribution in [2.45, 2.75) is 43.6 Å². The van der Waals surface area contributed by atoms with Crippen LogP contribution in [0.2, 0.25) is 0 Å². The van der Waals surface area contributed by atoms with E-state index in [-0.39, 0.29) is 38.3 Å². The molecule has 14 nitrogen and oxygen atoms in total. The van der Waals surface area contributed by atoms with Crippen LogP contribution in [0.4, 0.5) is 5.69 Å². The van der Waals surface area contributed by atoms with Crippen LogP contribution in [-0.2, 0) is 29.9 Å². The van der Waals surface area contributed by atoms with Crippen LogP contribution in [0.5, 0.6) is 0 Å². The first-order valence-electron chi connectivity index (χ1n) is 12.7. The van der Waals surface area contributed by atoms with Crippen molar-refractivity contribution < 1.29 is 48.2 Å². The average molecular weight is 663 g/mol. The lowest BCUT2D eigenvalue weighted by molar-refractivity contribution is -0.127. The fraction of sp³-hybridized carbons (Fsp3) is 0.609. The van der Waals surface area contributed by atoms with Gasteiger partial charge in [-0.25, -0.2) is 0 Å². The molecule has 1 aromatic rings. The average Bonchev–Trinajstić information content (AvgIpc) is 2.89. The van der Waals surface area contributed by atoms with Crippen molar-refractivity contribution in [3.8, 4) is 0 Å². The summed E-state index contributed by atoms with van der Waals surface area (Å²) in [5.41, 5.74) is 2.07. The number of unbranched alkanes of at least 4 members (excludes halogenated alkanes) is 1. The van der Waals surface area contributed by atoms with Crippen LogP contribution >= 0.6 is 38.4 Å². The van der Waals surface area contributed by atoms with Crippen LogP contribution in [-0.4, -0.2) is 92.0 Å². The number of carbonyl (C=O) groups is 3. The lowest BCUT2D eigenvalue weighted by Gasteiger charge is -2.29. The molecule has 0 atom stereocenters. The van der Waals surface area contributed by atoms with Crippen molar-refractivity contribution >= 4 is 61.8 Å². The third-order valence-electron chi connectivity index (χ3n) is 5.97. The molecule has 0 heterocycles. The molecule has 0 aliphatic rings. The van der Waals surface area contributed by atoms with Crippen LogP contribution in [0.15, 0.2) is 24.3 Å². The molecule has 41 heavy (non-hydrogen) atoms. The summed E-state index contributed by atoms with van der Waals surface area (Å²) in [6.45, 7) is 0.622. The van der Waals surface area contributed by atoms with E-state index in [0.717, 1.165) is 11.3 Å². The van der Waals surface area contributed by atoms with E-state index in [0.29, 0.717) is 37.7 Å². The summed E-state index contributed by atoms with van der Waals surface area (Å²) in [5.74, 6) is -0.519. The van der Waals surface area contributed by atoms with E-state index < -0.39 is 45.1 Å². The highest BCUT2D eigenvalue weighted by atomic mass is 35.5. The smallest absolute Gasteiger partial charge is 0.369 e. The summed E-state index contributed by atoms with van der Waals surface area (Å²) in [6, 6.07) is 7.92. The lowest BCUT2D eigenvalue weighted by Crippen LogP contribution is -2.42. The largest absolute Gasteiger partial charge is 0.369 e. The van der Waals surface area contributed by atoms with E-state index in [1.807, 2.05) is 24.3 Å². The minimum atomic E-state index is -5.52. The molecule has 18 heteroatoms. The van der Waals surface area contributed by atoms with E-state index in [4.69, 9.17) is 42.8 Å². The maximum absolute atomic E-state index is 12.0. The van der Waals surface area contributed by atoms with Crippen LogP contribution in [0.3, 0.4) is 0 Å². The zero-order chi connectivity index (χ0) is 31.1. The molecular formula is C23H38Cl2N4O10P2. The van der Waals surface area contributed by atoms with Gasteiger partial charge < -0.3 is 45.5 Å². The van der Waals surface area contributed by atoms with Gasteiger partial charge in [-0.2, -0.15) is 0 Å². The first kappa shape index (κ1) is 37.3. The minimum absolute atomic E-state index is 0.0361. The van der Waals surface area contributed by atoms with Gasteiger partial charge in [0.1, 0.15) is 0 Å².